The third-order valence-corrected chi connectivity index (χ3v) is 4.51. The van der Waals surface area contributed by atoms with Crippen molar-refractivity contribution in [1.82, 2.24) is 0 Å². The van der Waals surface area contributed by atoms with Gasteiger partial charge in [0.15, 0.2) is 11.5 Å². The van der Waals surface area contributed by atoms with E-state index in [1.165, 1.54) is 37.6 Å². The first-order valence-corrected chi connectivity index (χ1v) is 8.59. The Morgan fingerprint density at radius 3 is 2.50 bits per heavy atom. The van der Waals surface area contributed by atoms with Crippen molar-refractivity contribution < 1.29 is 24.1 Å². The molecule has 3 rings (SSSR count). The molecule has 1 heterocycles. The average Bonchev–Trinajstić information content (AvgIpc) is 3.07. The standard InChI is InChI=1S/C20H23NO5/c1-24-17-12-15(20(22)23)13-18(25-2)19(17)26-11-5-9-21-10-8-14-6-3-4-7-16(14)21/h3-4,6-7,12-13H,5,8-11H2,1-2H3,(H,22,23). The fraction of sp³-hybridized carbons (Fsp3) is 0.350. The molecule has 0 aliphatic carbocycles. The number of carboxylic acid groups (broad SMARTS) is 1. The monoisotopic (exact) mass is 357 g/mol. The van der Waals surface area contributed by atoms with Gasteiger partial charge in [-0.25, -0.2) is 4.79 Å². The maximum atomic E-state index is 11.2. The van der Waals surface area contributed by atoms with Crippen LogP contribution in [-0.2, 0) is 6.42 Å². The highest BCUT2D eigenvalue weighted by molar-refractivity contribution is 5.89. The molecule has 26 heavy (non-hydrogen) atoms. The van der Waals surface area contributed by atoms with Gasteiger partial charge in [-0.2, -0.15) is 0 Å². The second-order valence-corrected chi connectivity index (χ2v) is 6.08. The van der Waals surface area contributed by atoms with Crippen LogP contribution in [0.2, 0.25) is 0 Å². The van der Waals surface area contributed by atoms with Crippen LogP contribution in [0.3, 0.4) is 0 Å². The third-order valence-electron chi connectivity index (χ3n) is 4.51. The number of hydrogen-bond acceptors (Lipinski definition) is 5. The molecule has 0 unspecified atom stereocenters. The molecule has 0 fully saturated rings. The van der Waals surface area contributed by atoms with Crippen LogP contribution in [0, 0.1) is 0 Å². The summed E-state index contributed by atoms with van der Waals surface area (Å²) in [4.78, 5) is 13.6. The zero-order valence-electron chi connectivity index (χ0n) is 15.0. The van der Waals surface area contributed by atoms with Crippen LogP contribution >= 0.6 is 0 Å². The number of ether oxygens (including phenoxy) is 3. The van der Waals surface area contributed by atoms with E-state index in [1.54, 1.807) is 0 Å². The second-order valence-electron chi connectivity index (χ2n) is 6.08. The van der Waals surface area contributed by atoms with Crippen molar-refractivity contribution in [3.63, 3.8) is 0 Å². The minimum Gasteiger partial charge on any atom is -0.493 e. The largest absolute Gasteiger partial charge is 0.493 e. The molecule has 0 bridgehead atoms. The third kappa shape index (κ3) is 3.69. The number of aromatic carboxylic acids is 1. The number of hydrogen-bond donors (Lipinski definition) is 1. The van der Waals surface area contributed by atoms with Crippen LogP contribution in [0.25, 0.3) is 0 Å². The highest BCUT2D eigenvalue weighted by atomic mass is 16.5. The Balaban J connectivity index is 1.62. The molecular weight excluding hydrogens is 334 g/mol. The van der Waals surface area contributed by atoms with Gasteiger partial charge in [0.25, 0.3) is 0 Å². The number of carboxylic acids is 1. The average molecular weight is 357 g/mol. The summed E-state index contributed by atoms with van der Waals surface area (Å²) in [5, 5.41) is 9.17. The van der Waals surface area contributed by atoms with E-state index in [1.807, 2.05) is 0 Å². The molecule has 6 heteroatoms. The van der Waals surface area contributed by atoms with Gasteiger partial charge in [0.05, 0.1) is 26.4 Å². The summed E-state index contributed by atoms with van der Waals surface area (Å²) in [6.45, 7) is 2.41. The minimum absolute atomic E-state index is 0.0970. The summed E-state index contributed by atoms with van der Waals surface area (Å²) in [5.74, 6) is 0.101. The fourth-order valence-corrected chi connectivity index (χ4v) is 3.21. The van der Waals surface area contributed by atoms with E-state index in [0.29, 0.717) is 23.9 Å². The van der Waals surface area contributed by atoms with E-state index in [-0.39, 0.29) is 5.56 Å². The predicted octanol–water partition coefficient (Wildman–Crippen LogP) is 3.23. The van der Waals surface area contributed by atoms with Gasteiger partial charge < -0.3 is 24.2 Å². The molecule has 6 nitrogen and oxygen atoms in total. The number of benzene rings is 2. The number of fused-ring (bicyclic) bond motifs is 1. The van der Waals surface area contributed by atoms with Gasteiger partial charge in [0.1, 0.15) is 0 Å². The molecule has 0 amide bonds. The molecule has 0 aromatic heterocycles. The molecule has 0 spiro atoms. The molecule has 2 aromatic rings. The van der Waals surface area contributed by atoms with E-state index >= 15 is 0 Å². The molecule has 0 saturated carbocycles. The Bertz CT molecular complexity index is 765. The summed E-state index contributed by atoms with van der Waals surface area (Å²) in [7, 11) is 2.96. The first-order chi connectivity index (χ1) is 12.6. The lowest BCUT2D eigenvalue weighted by Gasteiger charge is -2.20. The van der Waals surface area contributed by atoms with Crippen LogP contribution in [0.15, 0.2) is 36.4 Å². The van der Waals surface area contributed by atoms with E-state index in [0.717, 1.165) is 25.9 Å². The van der Waals surface area contributed by atoms with E-state index < -0.39 is 5.97 Å². The number of methoxy groups -OCH3 is 2. The minimum atomic E-state index is -1.04. The Labute approximate surface area is 152 Å². The maximum absolute atomic E-state index is 11.2. The molecule has 1 N–H and O–H groups in total. The molecule has 2 aromatic carbocycles. The maximum Gasteiger partial charge on any atom is 0.335 e. The fourth-order valence-electron chi connectivity index (χ4n) is 3.21. The normalized spacial score (nSPS) is 12.6. The zero-order valence-corrected chi connectivity index (χ0v) is 15.0. The number of para-hydroxylation sites is 1. The van der Waals surface area contributed by atoms with Crippen molar-refractivity contribution in [3.8, 4) is 17.2 Å². The Morgan fingerprint density at radius 2 is 1.85 bits per heavy atom. The van der Waals surface area contributed by atoms with Gasteiger partial charge in [-0.15, -0.1) is 0 Å². The first kappa shape index (κ1) is 17.9. The van der Waals surface area contributed by atoms with Gasteiger partial charge in [-0.1, -0.05) is 18.2 Å². The van der Waals surface area contributed by atoms with Crippen LogP contribution < -0.4 is 19.1 Å². The number of rotatable bonds is 8. The van der Waals surface area contributed by atoms with Crippen LogP contribution in [0.1, 0.15) is 22.3 Å². The lowest BCUT2D eigenvalue weighted by Crippen LogP contribution is -2.23. The highest BCUT2D eigenvalue weighted by Gasteiger charge is 2.19. The summed E-state index contributed by atoms with van der Waals surface area (Å²) >= 11 is 0. The Kier molecular flexibility index (Phi) is 5.51. The summed E-state index contributed by atoms with van der Waals surface area (Å²) in [5.41, 5.74) is 2.79. The number of carbonyl (C=O) groups is 1. The van der Waals surface area contributed by atoms with Crippen LogP contribution in [-0.4, -0.2) is 45.0 Å². The van der Waals surface area contributed by atoms with Gasteiger partial charge >= 0.3 is 5.97 Å². The molecule has 0 radical (unpaired) electrons. The van der Waals surface area contributed by atoms with Gasteiger partial charge in [-0.3, -0.25) is 0 Å². The molecule has 1 aliphatic heterocycles. The van der Waals surface area contributed by atoms with Gasteiger partial charge in [0.2, 0.25) is 5.75 Å². The van der Waals surface area contributed by atoms with Crippen LogP contribution in [0.5, 0.6) is 17.2 Å². The summed E-state index contributed by atoms with van der Waals surface area (Å²) in [6.07, 6.45) is 1.91. The molecular formula is C20H23NO5. The second kappa shape index (κ2) is 7.99. The SMILES string of the molecule is COc1cc(C(=O)O)cc(OC)c1OCCCN1CCc2ccccc21. The van der Waals surface area contributed by atoms with Crippen molar-refractivity contribution in [1.29, 1.82) is 0 Å². The van der Waals surface area contributed by atoms with Gasteiger partial charge in [0, 0.05) is 18.8 Å². The molecule has 138 valence electrons. The summed E-state index contributed by atoms with van der Waals surface area (Å²) < 4.78 is 16.4. The number of anilines is 1. The molecule has 1 aliphatic rings. The van der Waals surface area contributed by atoms with E-state index in [2.05, 4.69) is 29.2 Å². The molecule has 0 atom stereocenters. The molecule has 0 saturated heterocycles. The smallest absolute Gasteiger partial charge is 0.335 e. The van der Waals surface area contributed by atoms with Crippen molar-refractivity contribution >= 4 is 11.7 Å². The topological polar surface area (TPSA) is 68.2 Å². The lowest BCUT2D eigenvalue weighted by atomic mass is 10.2. The van der Waals surface area contributed by atoms with Crippen molar-refractivity contribution in [2.45, 2.75) is 12.8 Å². The van der Waals surface area contributed by atoms with E-state index in [9.17, 15) is 9.90 Å². The predicted molar refractivity (Wildman–Crippen MR) is 99.0 cm³/mol. The zero-order chi connectivity index (χ0) is 18.5. The number of nitrogens with zero attached hydrogens (tertiary/aromatic N) is 1. The highest BCUT2D eigenvalue weighted by Crippen LogP contribution is 2.38. The Hall–Kier alpha value is -2.89. The van der Waals surface area contributed by atoms with E-state index in [4.69, 9.17) is 14.2 Å². The van der Waals surface area contributed by atoms with Gasteiger partial charge in [-0.05, 0) is 36.6 Å². The lowest BCUT2D eigenvalue weighted by molar-refractivity contribution is 0.0696. The quantitative estimate of drug-likeness (QED) is 0.732. The van der Waals surface area contributed by atoms with Crippen molar-refractivity contribution in [3.05, 3.63) is 47.5 Å². The van der Waals surface area contributed by atoms with Crippen molar-refractivity contribution in [2.24, 2.45) is 0 Å². The summed E-state index contributed by atoms with van der Waals surface area (Å²) in [6, 6.07) is 11.3. The van der Waals surface area contributed by atoms with Crippen molar-refractivity contribution in [2.75, 3.05) is 38.8 Å². The van der Waals surface area contributed by atoms with Crippen LogP contribution in [0.4, 0.5) is 5.69 Å². The first-order valence-electron chi connectivity index (χ1n) is 8.59. The Morgan fingerprint density at radius 1 is 1.15 bits per heavy atom.